The van der Waals surface area contributed by atoms with E-state index < -0.39 is 11.7 Å². The number of nitrogens with zero attached hydrogens (tertiary/aromatic N) is 2. The molecule has 0 radical (unpaired) electrons. The van der Waals surface area contributed by atoms with Crippen molar-refractivity contribution in [1.29, 1.82) is 0 Å². The first-order valence-electron chi connectivity index (χ1n) is 6.58. The Hall–Kier alpha value is -1.52. The minimum atomic E-state index is -0.463. The lowest BCUT2D eigenvalue weighted by Crippen LogP contribution is -2.34. The molecule has 1 N–H and O–H groups in total. The van der Waals surface area contributed by atoms with Gasteiger partial charge >= 0.3 is 6.09 Å². The Morgan fingerprint density at radius 2 is 1.95 bits per heavy atom. The van der Waals surface area contributed by atoms with Crippen molar-refractivity contribution >= 4 is 6.09 Å². The summed E-state index contributed by atoms with van der Waals surface area (Å²) in [6.45, 7) is 13.1. The minimum Gasteiger partial charge on any atom is -0.444 e. The number of amides is 1. The highest BCUT2D eigenvalue weighted by molar-refractivity contribution is 5.67. The predicted molar refractivity (Wildman–Crippen MR) is 75.2 cm³/mol. The van der Waals surface area contributed by atoms with E-state index in [9.17, 15) is 4.79 Å². The lowest BCUT2D eigenvalue weighted by Gasteiger charge is -2.19. The third-order valence-electron chi connectivity index (χ3n) is 2.51. The van der Waals surface area contributed by atoms with E-state index in [4.69, 9.17) is 4.74 Å². The number of alkyl carbamates (subject to hydrolysis) is 1. The zero-order valence-corrected chi connectivity index (χ0v) is 12.8. The van der Waals surface area contributed by atoms with Crippen molar-refractivity contribution in [2.75, 3.05) is 6.54 Å². The Labute approximate surface area is 115 Å². The van der Waals surface area contributed by atoms with Crippen molar-refractivity contribution < 1.29 is 9.53 Å². The van der Waals surface area contributed by atoms with Crippen molar-refractivity contribution in [3.05, 3.63) is 18.0 Å². The van der Waals surface area contributed by atoms with E-state index in [1.807, 2.05) is 37.8 Å². The fourth-order valence-electron chi connectivity index (χ4n) is 1.46. The molecule has 0 spiro atoms. The average Bonchev–Trinajstić information content (AvgIpc) is 2.62. The molecule has 0 unspecified atom stereocenters. The molecule has 1 heterocycles. The van der Waals surface area contributed by atoms with Gasteiger partial charge in [0.15, 0.2) is 0 Å². The molecular formula is C14H25N3O2. The molecule has 0 aromatic carbocycles. The number of ether oxygens (including phenoxy) is 1. The largest absolute Gasteiger partial charge is 0.444 e. The number of hydrogen-bond donors (Lipinski definition) is 1. The highest BCUT2D eigenvalue weighted by Crippen LogP contribution is 2.20. The predicted octanol–water partition coefficient (Wildman–Crippen LogP) is 2.71. The highest BCUT2D eigenvalue weighted by atomic mass is 16.6. The highest BCUT2D eigenvalue weighted by Gasteiger charge is 2.17. The lowest BCUT2D eigenvalue weighted by atomic mass is 9.90. The fourth-order valence-corrected chi connectivity index (χ4v) is 1.46. The molecule has 5 nitrogen and oxygen atoms in total. The maximum absolute atomic E-state index is 11.5. The molecule has 1 aromatic heterocycles. The maximum atomic E-state index is 11.5. The zero-order chi connectivity index (χ0) is 14.7. The Balaban J connectivity index is 2.38. The third kappa shape index (κ3) is 5.77. The zero-order valence-electron chi connectivity index (χ0n) is 12.8. The fraction of sp³-hybridized carbons (Fsp3) is 0.714. The molecule has 0 fully saturated rings. The van der Waals surface area contributed by atoms with Gasteiger partial charge in [0.1, 0.15) is 5.60 Å². The number of aromatic nitrogens is 2. The van der Waals surface area contributed by atoms with E-state index in [2.05, 4.69) is 31.2 Å². The van der Waals surface area contributed by atoms with Crippen molar-refractivity contribution in [3.63, 3.8) is 0 Å². The maximum Gasteiger partial charge on any atom is 0.407 e. The standard InChI is InChI=1S/C14H25N3O2/c1-13(2,3)11-9-16-17(10-11)8-7-15-12(18)19-14(4,5)6/h9-10H,7-8H2,1-6H3,(H,15,18). The van der Waals surface area contributed by atoms with Gasteiger partial charge in [0, 0.05) is 12.7 Å². The summed E-state index contributed by atoms with van der Waals surface area (Å²) in [5, 5.41) is 6.99. The van der Waals surface area contributed by atoms with Gasteiger partial charge in [-0.15, -0.1) is 0 Å². The normalized spacial score (nSPS) is 12.3. The number of nitrogens with one attached hydrogen (secondary N) is 1. The monoisotopic (exact) mass is 267 g/mol. The van der Waals surface area contributed by atoms with Crippen LogP contribution in [0.25, 0.3) is 0 Å². The van der Waals surface area contributed by atoms with Crippen LogP contribution in [-0.4, -0.2) is 28.0 Å². The molecule has 1 aromatic rings. The van der Waals surface area contributed by atoms with Crippen LogP contribution >= 0.6 is 0 Å². The van der Waals surface area contributed by atoms with Gasteiger partial charge in [-0.25, -0.2) is 4.79 Å². The van der Waals surface area contributed by atoms with Crippen molar-refractivity contribution in [1.82, 2.24) is 15.1 Å². The van der Waals surface area contributed by atoms with Crippen LogP contribution in [0.5, 0.6) is 0 Å². The van der Waals surface area contributed by atoms with Crippen LogP contribution in [0.2, 0.25) is 0 Å². The summed E-state index contributed by atoms with van der Waals surface area (Å²) < 4.78 is 6.99. The Bertz CT molecular complexity index is 425. The van der Waals surface area contributed by atoms with Gasteiger partial charge in [-0.2, -0.15) is 5.10 Å². The summed E-state index contributed by atoms with van der Waals surface area (Å²) in [7, 11) is 0. The molecule has 5 heteroatoms. The average molecular weight is 267 g/mol. The number of carbonyl (C=O) groups excluding carboxylic acids is 1. The van der Waals surface area contributed by atoms with E-state index in [0.29, 0.717) is 13.1 Å². The second kappa shape index (κ2) is 5.63. The molecule has 1 rings (SSSR count). The van der Waals surface area contributed by atoms with Gasteiger partial charge in [0.05, 0.1) is 12.7 Å². The summed E-state index contributed by atoms with van der Waals surface area (Å²) in [6, 6.07) is 0. The molecule has 1 amide bonds. The topological polar surface area (TPSA) is 56.1 Å². The summed E-state index contributed by atoms with van der Waals surface area (Å²) in [5.74, 6) is 0. The van der Waals surface area contributed by atoms with Gasteiger partial charge in [0.2, 0.25) is 0 Å². The van der Waals surface area contributed by atoms with Crippen LogP contribution in [-0.2, 0) is 16.7 Å². The van der Waals surface area contributed by atoms with Gasteiger partial charge in [-0.1, -0.05) is 20.8 Å². The first-order chi connectivity index (χ1) is 8.58. The Morgan fingerprint density at radius 3 is 2.42 bits per heavy atom. The van der Waals surface area contributed by atoms with Gasteiger partial charge in [0.25, 0.3) is 0 Å². The summed E-state index contributed by atoms with van der Waals surface area (Å²) in [4.78, 5) is 11.5. The van der Waals surface area contributed by atoms with E-state index in [1.165, 1.54) is 5.56 Å². The second-order valence-electron chi connectivity index (χ2n) is 6.67. The van der Waals surface area contributed by atoms with E-state index >= 15 is 0 Å². The van der Waals surface area contributed by atoms with Crippen LogP contribution in [0.15, 0.2) is 12.4 Å². The van der Waals surface area contributed by atoms with Crippen molar-refractivity contribution in [3.8, 4) is 0 Å². The minimum absolute atomic E-state index is 0.0941. The van der Waals surface area contributed by atoms with Crippen molar-refractivity contribution in [2.24, 2.45) is 0 Å². The molecule has 0 aliphatic rings. The molecular weight excluding hydrogens is 242 g/mol. The SMILES string of the molecule is CC(C)(C)OC(=O)NCCn1cc(C(C)(C)C)cn1. The van der Waals surface area contributed by atoms with Crippen LogP contribution in [0.4, 0.5) is 4.79 Å². The second-order valence-corrected chi connectivity index (χ2v) is 6.67. The van der Waals surface area contributed by atoms with Gasteiger partial charge in [-0.05, 0) is 31.7 Å². The molecule has 108 valence electrons. The van der Waals surface area contributed by atoms with Crippen LogP contribution in [0.1, 0.15) is 47.1 Å². The Kier molecular flexibility index (Phi) is 4.61. The van der Waals surface area contributed by atoms with E-state index in [0.717, 1.165) is 0 Å². The molecule has 19 heavy (non-hydrogen) atoms. The molecule has 0 saturated heterocycles. The van der Waals surface area contributed by atoms with E-state index in [-0.39, 0.29) is 5.41 Å². The molecule has 0 aliphatic heterocycles. The Morgan fingerprint density at radius 1 is 1.32 bits per heavy atom. The van der Waals surface area contributed by atoms with Crippen LogP contribution in [0.3, 0.4) is 0 Å². The van der Waals surface area contributed by atoms with Gasteiger partial charge in [-0.3, -0.25) is 4.68 Å². The summed E-state index contributed by atoms with van der Waals surface area (Å²) in [5.41, 5.74) is 0.816. The van der Waals surface area contributed by atoms with Gasteiger partial charge < -0.3 is 10.1 Å². The third-order valence-corrected chi connectivity index (χ3v) is 2.51. The van der Waals surface area contributed by atoms with E-state index in [1.54, 1.807) is 0 Å². The van der Waals surface area contributed by atoms with Crippen LogP contribution < -0.4 is 5.32 Å². The molecule has 0 saturated carbocycles. The molecule has 0 atom stereocenters. The smallest absolute Gasteiger partial charge is 0.407 e. The molecule has 0 aliphatic carbocycles. The lowest BCUT2D eigenvalue weighted by molar-refractivity contribution is 0.0525. The molecule has 0 bridgehead atoms. The van der Waals surface area contributed by atoms with Crippen LogP contribution in [0, 0.1) is 0 Å². The van der Waals surface area contributed by atoms with Crippen molar-refractivity contribution in [2.45, 2.75) is 59.1 Å². The quantitative estimate of drug-likeness (QED) is 0.916. The number of hydrogen-bond acceptors (Lipinski definition) is 3. The first kappa shape index (κ1) is 15.5. The number of carbonyl (C=O) groups is 1. The first-order valence-corrected chi connectivity index (χ1v) is 6.58. The summed E-state index contributed by atoms with van der Waals surface area (Å²) >= 11 is 0. The number of rotatable bonds is 3. The summed E-state index contributed by atoms with van der Waals surface area (Å²) in [6.07, 6.45) is 3.49.